The minimum absolute atomic E-state index is 0.00358. The normalized spacial score (nSPS) is 17.9. The minimum Gasteiger partial charge on any atom is -0.491 e. The number of hydrogen-bond acceptors (Lipinski definition) is 4. The summed E-state index contributed by atoms with van der Waals surface area (Å²) in [5.41, 5.74) is 1.02. The molecule has 2 rings (SSSR count). The Morgan fingerprint density at radius 1 is 1.45 bits per heavy atom. The van der Waals surface area contributed by atoms with Crippen LogP contribution in [0.1, 0.15) is 12.0 Å². The summed E-state index contributed by atoms with van der Waals surface area (Å²) in [6.45, 7) is 2.80. The van der Waals surface area contributed by atoms with E-state index in [2.05, 4.69) is 5.32 Å². The molecular formula is C15H21NO4. The fourth-order valence-electron chi connectivity index (χ4n) is 2.06. The van der Waals surface area contributed by atoms with Gasteiger partial charge in [-0.25, -0.2) is 0 Å². The molecular weight excluding hydrogens is 258 g/mol. The third-order valence-electron chi connectivity index (χ3n) is 3.22. The first-order valence-corrected chi connectivity index (χ1v) is 6.85. The second-order valence-electron chi connectivity index (χ2n) is 4.77. The fraction of sp³-hybridized carbons (Fsp3) is 0.533. The number of hydrogen-bond donors (Lipinski definition) is 1. The van der Waals surface area contributed by atoms with Gasteiger partial charge in [-0.3, -0.25) is 4.79 Å². The van der Waals surface area contributed by atoms with Crippen LogP contribution in [0, 0.1) is 5.92 Å². The molecule has 0 aromatic heterocycles. The number of ether oxygens (including phenoxy) is 3. The van der Waals surface area contributed by atoms with Crippen molar-refractivity contribution in [2.45, 2.75) is 13.0 Å². The summed E-state index contributed by atoms with van der Waals surface area (Å²) in [4.78, 5) is 11.9. The van der Waals surface area contributed by atoms with Gasteiger partial charge < -0.3 is 19.5 Å². The van der Waals surface area contributed by atoms with Crippen molar-refractivity contribution in [3.05, 3.63) is 29.8 Å². The lowest BCUT2D eigenvalue weighted by Gasteiger charge is -2.11. The third-order valence-corrected chi connectivity index (χ3v) is 3.22. The molecule has 0 saturated carbocycles. The molecule has 0 bridgehead atoms. The lowest BCUT2D eigenvalue weighted by molar-refractivity contribution is -0.125. The summed E-state index contributed by atoms with van der Waals surface area (Å²) >= 11 is 0. The molecule has 1 aromatic carbocycles. The maximum Gasteiger partial charge on any atom is 0.225 e. The van der Waals surface area contributed by atoms with E-state index in [0.29, 0.717) is 33.0 Å². The van der Waals surface area contributed by atoms with Crippen LogP contribution in [-0.4, -0.2) is 39.4 Å². The topological polar surface area (TPSA) is 56.8 Å². The predicted molar refractivity (Wildman–Crippen MR) is 74.6 cm³/mol. The largest absolute Gasteiger partial charge is 0.491 e. The van der Waals surface area contributed by atoms with Crippen molar-refractivity contribution >= 4 is 5.91 Å². The first-order valence-electron chi connectivity index (χ1n) is 6.85. The summed E-state index contributed by atoms with van der Waals surface area (Å²) < 4.78 is 15.7. The van der Waals surface area contributed by atoms with Crippen LogP contribution in [0.2, 0.25) is 0 Å². The maximum absolute atomic E-state index is 11.9. The van der Waals surface area contributed by atoms with Crippen molar-refractivity contribution < 1.29 is 19.0 Å². The number of methoxy groups -OCH3 is 1. The van der Waals surface area contributed by atoms with Crippen molar-refractivity contribution in [2.75, 3.05) is 33.5 Å². The number of amides is 1. The van der Waals surface area contributed by atoms with E-state index in [1.807, 2.05) is 24.3 Å². The second kappa shape index (κ2) is 7.87. The number of rotatable bonds is 7. The molecule has 1 fully saturated rings. The molecule has 1 N–H and O–H groups in total. The number of benzene rings is 1. The predicted octanol–water partition coefficient (Wildman–Crippen LogP) is 1.36. The molecule has 5 heteroatoms. The van der Waals surface area contributed by atoms with Crippen LogP contribution in [-0.2, 0) is 20.8 Å². The van der Waals surface area contributed by atoms with Gasteiger partial charge in [-0.2, -0.15) is 0 Å². The molecule has 110 valence electrons. The van der Waals surface area contributed by atoms with Gasteiger partial charge in [0.25, 0.3) is 0 Å². The van der Waals surface area contributed by atoms with Gasteiger partial charge in [0, 0.05) is 20.3 Å². The molecule has 1 saturated heterocycles. The Hall–Kier alpha value is -1.59. The van der Waals surface area contributed by atoms with E-state index in [9.17, 15) is 4.79 Å². The zero-order valence-corrected chi connectivity index (χ0v) is 11.8. The van der Waals surface area contributed by atoms with Crippen molar-refractivity contribution in [3.8, 4) is 5.75 Å². The SMILES string of the molecule is COCCOc1cccc(CNC(=O)[C@H]2CCOC2)c1. The Kier molecular flexibility index (Phi) is 5.83. The summed E-state index contributed by atoms with van der Waals surface area (Å²) in [5, 5.41) is 2.94. The van der Waals surface area contributed by atoms with Crippen molar-refractivity contribution in [1.82, 2.24) is 5.32 Å². The summed E-state index contributed by atoms with van der Waals surface area (Å²) in [7, 11) is 1.64. The van der Waals surface area contributed by atoms with Crippen LogP contribution in [0.4, 0.5) is 0 Å². The smallest absolute Gasteiger partial charge is 0.225 e. The Morgan fingerprint density at radius 3 is 3.10 bits per heavy atom. The Morgan fingerprint density at radius 2 is 2.35 bits per heavy atom. The Bertz CT molecular complexity index is 430. The lowest BCUT2D eigenvalue weighted by atomic mass is 10.1. The number of carbonyl (C=O) groups is 1. The zero-order valence-electron chi connectivity index (χ0n) is 11.8. The Balaban J connectivity index is 1.79. The molecule has 0 spiro atoms. The number of carbonyl (C=O) groups excluding carboxylic acids is 1. The Labute approximate surface area is 119 Å². The molecule has 1 atom stereocenters. The van der Waals surface area contributed by atoms with Crippen LogP contribution in [0.15, 0.2) is 24.3 Å². The molecule has 1 heterocycles. The van der Waals surface area contributed by atoms with Gasteiger partial charge in [-0.1, -0.05) is 12.1 Å². The number of nitrogens with one attached hydrogen (secondary N) is 1. The fourth-order valence-corrected chi connectivity index (χ4v) is 2.06. The second-order valence-corrected chi connectivity index (χ2v) is 4.77. The van der Waals surface area contributed by atoms with Crippen molar-refractivity contribution in [3.63, 3.8) is 0 Å². The summed E-state index contributed by atoms with van der Waals surface area (Å²) in [6.07, 6.45) is 0.812. The molecule has 0 radical (unpaired) electrons. The zero-order chi connectivity index (χ0) is 14.2. The molecule has 5 nitrogen and oxygen atoms in total. The van der Waals surface area contributed by atoms with Gasteiger partial charge in [0.2, 0.25) is 5.91 Å². The summed E-state index contributed by atoms with van der Waals surface area (Å²) in [6, 6.07) is 7.71. The highest BCUT2D eigenvalue weighted by Gasteiger charge is 2.22. The lowest BCUT2D eigenvalue weighted by Crippen LogP contribution is -2.30. The van der Waals surface area contributed by atoms with Crippen LogP contribution in [0.3, 0.4) is 0 Å². The third kappa shape index (κ3) is 4.51. The molecule has 1 aliphatic heterocycles. The van der Waals surface area contributed by atoms with Gasteiger partial charge in [-0.15, -0.1) is 0 Å². The average molecular weight is 279 g/mol. The van der Waals surface area contributed by atoms with Crippen molar-refractivity contribution in [1.29, 1.82) is 0 Å². The van der Waals surface area contributed by atoms with Crippen molar-refractivity contribution in [2.24, 2.45) is 5.92 Å². The highest BCUT2D eigenvalue weighted by atomic mass is 16.5. The first-order chi connectivity index (χ1) is 9.79. The van der Waals surface area contributed by atoms with Gasteiger partial charge >= 0.3 is 0 Å². The average Bonchev–Trinajstić information content (AvgIpc) is 3.00. The van der Waals surface area contributed by atoms with Crippen LogP contribution < -0.4 is 10.1 Å². The maximum atomic E-state index is 11.9. The molecule has 1 aromatic rings. The van der Waals surface area contributed by atoms with Gasteiger partial charge in [-0.05, 0) is 24.1 Å². The van der Waals surface area contributed by atoms with Gasteiger partial charge in [0.1, 0.15) is 12.4 Å². The monoisotopic (exact) mass is 279 g/mol. The quantitative estimate of drug-likeness (QED) is 0.766. The van der Waals surface area contributed by atoms with Gasteiger partial charge in [0.15, 0.2) is 0 Å². The van der Waals surface area contributed by atoms with E-state index in [-0.39, 0.29) is 11.8 Å². The van der Waals surface area contributed by atoms with E-state index in [1.165, 1.54) is 0 Å². The molecule has 0 unspecified atom stereocenters. The molecule has 0 aliphatic carbocycles. The van der Waals surface area contributed by atoms with Crippen LogP contribution in [0.5, 0.6) is 5.75 Å². The molecule has 20 heavy (non-hydrogen) atoms. The minimum atomic E-state index is -0.00358. The van der Waals surface area contributed by atoms with Gasteiger partial charge in [0.05, 0.1) is 19.1 Å². The van der Waals surface area contributed by atoms with E-state index < -0.39 is 0 Å². The van der Waals surface area contributed by atoms with E-state index in [0.717, 1.165) is 17.7 Å². The highest BCUT2D eigenvalue weighted by molar-refractivity contribution is 5.78. The summed E-state index contributed by atoms with van der Waals surface area (Å²) in [5.74, 6) is 0.849. The first kappa shape index (κ1) is 14.8. The standard InChI is InChI=1S/C15H21NO4/c1-18-7-8-20-14-4-2-3-12(9-14)10-16-15(17)13-5-6-19-11-13/h2-4,9,13H,5-8,10-11H2,1H3,(H,16,17)/t13-/m0/s1. The highest BCUT2D eigenvalue weighted by Crippen LogP contribution is 2.15. The molecule has 1 amide bonds. The van der Waals surface area contributed by atoms with E-state index >= 15 is 0 Å². The van der Waals surface area contributed by atoms with E-state index in [1.54, 1.807) is 7.11 Å². The van der Waals surface area contributed by atoms with Crippen LogP contribution >= 0.6 is 0 Å². The molecule has 1 aliphatic rings. The van der Waals surface area contributed by atoms with Crippen LogP contribution in [0.25, 0.3) is 0 Å². The van der Waals surface area contributed by atoms with E-state index in [4.69, 9.17) is 14.2 Å².